The van der Waals surface area contributed by atoms with E-state index in [1.165, 1.54) is 22.5 Å². The standard InChI is InChI=1S/C16H21N/c1-6-7-10-17-13(3)16(4,5)14-11-12(2)8-9-15(14)17/h6,8-9,11H,1,3,7,10H2,2,4-5H3. The molecule has 0 N–H and O–H groups in total. The summed E-state index contributed by atoms with van der Waals surface area (Å²) in [6.45, 7) is 15.7. The van der Waals surface area contributed by atoms with Crippen LogP contribution in [0.3, 0.4) is 0 Å². The molecule has 1 nitrogen and oxygen atoms in total. The van der Waals surface area contributed by atoms with Gasteiger partial charge in [0.15, 0.2) is 0 Å². The van der Waals surface area contributed by atoms with Crippen LogP contribution in [0.15, 0.2) is 43.1 Å². The molecule has 0 amide bonds. The fourth-order valence-corrected chi connectivity index (χ4v) is 2.50. The number of benzene rings is 1. The molecular formula is C16H21N. The summed E-state index contributed by atoms with van der Waals surface area (Å²) >= 11 is 0. The van der Waals surface area contributed by atoms with Crippen molar-refractivity contribution in [2.75, 3.05) is 11.4 Å². The second-order valence-electron chi connectivity index (χ2n) is 5.32. The summed E-state index contributed by atoms with van der Waals surface area (Å²) in [6.07, 6.45) is 2.95. The van der Waals surface area contributed by atoms with Crippen LogP contribution in [0.1, 0.15) is 31.4 Å². The van der Waals surface area contributed by atoms with E-state index in [2.05, 4.69) is 57.0 Å². The summed E-state index contributed by atoms with van der Waals surface area (Å²) in [4.78, 5) is 2.33. The molecule has 90 valence electrons. The molecule has 0 fully saturated rings. The van der Waals surface area contributed by atoms with E-state index in [0.717, 1.165) is 13.0 Å². The maximum atomic E-state index is 4.28. The van der Waals surface area contributed by atoms with Crippen molar-refractivity contribution in [3.63, 3.8) is 0 Å². The van der Waals surface area contributed by atoms with Gasteiger partial charge in [-0.2, -0.15) is 0 Å². The van der Waals surface area contributed by atoms with E-state index >= 15 is 0 Å². The highest BCUT2D eigenvalue weighted by atomic mass is 15.2. The molecule has 0 aromatic heterocycles. The van der Waals surface area contributed by atoms with E-state index in [9.17, 15) is 0 Å². The van der Waals surface area contributed by atoms with Crippen molar-refractivity contribution in [3.8, 4) is 0 Å². The lowest BCUT2D eigenvalue weighted by atomic mass is 9.84. The lowest BCUT2D eigenvalue weighted by Gasteiger charge is -2.25. The zero-order chi connectivity index (χ0) is 12.6. The van der Waals surface area contributed by atoms with E-state index in [-0.39, 0.29) is 5.41 Å². The third-order valence-electron chi connectivity index (χ3n) is 3.72. The molecule has 0 saturated heterocycles. The van der Waals surface area contributed by atoms with Gasteiger partial charge in [-0.05, 0) is 25.0 Å². The van der Waals surface area contributed by atoms with Crippen LogP contribution in [0.2, 0.25) is 0 Å². The molecule has 1 aromatic carbocycles. The Kier molecular flexibility index (Phi) is 2.86. The van der Waals surface area contributed by atoms with Gasteiger partial charge in [0.1, 0.15) is 0 Å². The SMILES string of the molecule is C=CCCN1C(=C)C(C)(C)c2cc(C)ccc21. The number of hydrogen-bond acceptors (Lipinski definition) is 1. The van der Waals surface area contributed by atoms with Gasteiger partial charge in [0.25, 0.3) is 0 Å². The predicted octanol–water partition coefficient (Wildman–Crippen LogP) is 4.18. The van der Waals surface area contributed by atoms with Crippen LogP contribution >= 0.6 is 0 Å². The highest BCUT2D eigenvalue weighted by Gasteiger charge is 2.38. The Morgan fingerprint density at radius 3 is 2.71 bits per heavy atom. The molecule has 1 aliphatic rings. The van der Waals surface area contributed by atoms with Crippen LogP contribution in [0.5, 0.6) is 0 Å². The van der Waals surface area contributed by atoms with Crippen molar-refractivity contribution in [3.05, 3.63) is 54.3 Å². The number of aryl methyl sites for hydroxylation is 1. The average molecular weight is 227 g/mol. The molecule has 17 heavy (non-hydrogen) atoms. The quantitative estimate of drug-likeness (QED) is 0.700. The maximum absolute atomic E-state index is 4.28. The number of anilines is 1. The smallest absolute Gasteiger partial charge is 0.0450 e. The summed E-state index contributed by atoms with van der Waals surface area (Å²) in [7, 11) is 0. The van der Waals surface area contributed by atoms with Gasteiger partial charge in [-0.3, -0.25) is 0 Å². The van der Waals surface area contributed by atoms with Crippen molar-refractivity contribution in [2.45, 2.75) is 32.6 Å². The third-order valence-corrected chi connectivity index (χ3v) is 3.72. The van der Waals surface area contributed by atoms with Gasteiger partial charge in [-0.15, -0.1) is 6.58 Å². The Balaban J connectivity index is 2.47. The van der Waals surface area contributed by atoms with Gasteiger partial charge in [0, 0.05) is 23.3 Å². The largest absolute Gasteiger partial charge is 0.344 e. The molecule has 1 aliphatic heterocycles. The lowest BCUT2D eigenvalue weighted by molar-refractivity contribution is 0.633. The highest BCUT2D eigenvalue weighted by Crippen LogP contribution is 2.47. The Hall–Kier alpha value is -1.50. The molecule has 0 atom stereocenters. The molecular weight excluding hydrogens is 206 g/mol. The molecule has 0 radical (unpaired) electrons. The molecule has 1 aromatic rings. The number of fused-ring (bicyclic) bond motifs is 1. The molecule has 0 unspecified atom stereocenters. The van der Waals surface area contributed by atoms with Gasteiger partial charge in [0.2, 0.25) is 0 Å². The first-order valence-corrected chi connectivity index (χ1v) is 6.17. The second kappa shape index (κ2) is 4.06. The van der Waals surface area contributed by atoms with Crippen molar-refractivity contribution in [1.29, 1.82) is 0 Å². The van der Waals surface area contributed by atoms with E-state index in [0.29, 0.717) is 0 Å². The first kappa shape index (κ1) is 12.0. The molecule has 0 saturated carbocycles. The molecule has 0 aliphatic carbocycles. The lowest BCUT2D eigenvalue weighted by Crippen LogP contribution is -2.25. The predicted molar refractivity (Wildman–Crippen MR) is 75.5 cm³/mol. The summed E-state index contributed by atoms with van der Waals surface area (Å²) < 4.78 is 0. The summed E-state index contributed by atoms with van der Waals surface area (Å²) in [6, 6.07) is 6.68. The Morgan fingerprint density at radius 1 is 1.35 bits per heavy atom. The zero-order valence-corrected chi connectivity index (χ0v) is 11.1. The van der Waals surface area contributed by atoms with Crippen LogP contribution in [0, 0.1) is 6.92 Å². The molecule has 1 heteroatoms. The summed E-state index contributed by atoms with van der Waals surface area (Å²) in [5, 5.41) is 0. The normalized spacial score (nSPS) is 17.1. The van der Waals surface area contributed by atoms with Crippen LogP contribution < -0.4 is 4.90 Å². The van der Waals surface area contributed by atoms with Gasteiger partial charge in [0.05, 0.1) is 0 Å². The van der Waals surface area contributed by atoms with E-state index in [1.807, 2.05) is 6.08 Å². The molecule has 1 heterocycles. The van der Waals surface area contributed by atoms with Crippen LogP contribution in [0.25, 0.3) is 0 Å². The van der Waals surface area contributed by atoms with Crippen LogP contribution in [-0.4, -0.2) is 6.54 Å². The number of allylic oxidation sites excluding steroid dienone is 1. The first-order chi connectivity index (χ1) is 7.98. The van der Waals surface area contributed by atoms with Crippen molar-refractivity contribution in [2.24, 2.45) is 0 Å². The average Bonchev–Trinajstić information content (AvgIpc) is 2.47. The number of rotatable bonds is 3. The maximum Gasteiger partial charge on any atom is 0.0450 e. The summed E-state index contributed by atoms with van der Waals surface area (Å²) in [5.41, 5.74) is 5.26. The fraction of sp³-hybridized carbons (Fsp3) is 0.375. The minimum absolute atomic E-state index is 0.0442. The molecule has 0 bridgehead atoms. The zero-order valence-electron chi connectivity index (χ0n) is 11.1. The Morgan fingerprint density at radius 2 is 2.06 bits per heavy atom. The summed E-state index contributed by atoms with van der Waals surface area (Å²) in [5.74, 6) is 0. The van der Waals surface area contributed by atoms with E-state index < -0.39 is 0 Å². The van der Waals surface area contributed by atoms with Gasteiger partial charge < -0.3 is 4.90 Å². The number of hydrogen-bond donors (Lipinski definition) is 0. The van der Waals surface area contributed by atoms with Crippen molar-refractivity contribution in [1.82, 2.24) is 0 Å². The molecule has 0 spiro atoms. The highest BCUT2D eigenvalue weighted by molar-refractivity contribution is 5.70. The first-order valence-electron chi connectivity index (χ1n) is 6.17. The topological polar surface area (TPSA) is 3.24 Å². The number of nitrogens with zero attached hydrogens (tertiary/aromatic N) is 1. The Labute approximate surface area is 104 Å². The Bertz CT molecular complexity index is 468. The molecule has 2 rings (SSSR count). The van der Waals surface area contributed by atoms with Crippen LogP contribution in [-0.2, 0) is 5.41 Å². The van der Waals surface area contributed by atoms with E-state index in [4.69, 9.17) is 0 Å². The van der Waals surface area contributed by atoms with Crippen molar-refractivity contribution < 1.29 is 0 Å². The fourth-order valence-electron chi connectivity index (χ4n) is 2.50. The minimum atomic E-state index is 0.0442. The monoisotopic (exact) mass is 227 g/mol. The van der Waals surface area contributed by atoms with Crippen molar-refractivity contribution >= 4 is 5.69 Å². The second-order valence-corrected chi connectivity index (χ2v) is 5.32. The van der Waals surface area contributed by atoms with Gasteiger partial charge in [-0.1, -0.05) is 44.2 Å². The van der Waals surface area contributed by atoms with Crippen LogP contribution in [0.4, 0.5) is 5.69 Å². The third kappa shape index (κ3) is 1.80. The van der Waals surface area contributed by atoms with Gasteiger partial charge in [-0.25, -0.2) is 0 Å². The van der Waals surface area contributed by atoms with Gasteiger partial charge >= 0.3 is 0 Å². The minimum Gasteiger partial charge on any atom is -0.344 e. The van der Waals surface area contributed by atoms with E-state index in [1.54, 1.807) is 0 Å².